The zero-order valence-corrected chi connectivity index (χ0v) is 16.8. The average molecular weight is 431 g/mol. The van der Waals surface area contributed by atoms with Gasteiger partial charge < -0.3 is 16.0 Å². The molecule has 0 saturated carbocycles. The molecule has 4 rings (SSSR count). The number of halogens is 3. The lowest BCUT2D eigenvalue weighted by Gasteiger charge is -2.30. The van der Waals surface area contributed by atoms with Crippen LogP contribution in [-0.2, 0) is 6.18 Å². The molecular formula is C22H24F3N5O. The number of anilines is 1. The third-order valence-corrected chi connectivity index (χ3v) is 5.71. The quantitative estimate of drug-likeness (QED) is 0.477. The monoisotopic (exact) mass is 431 g/mol. The Kier molecular flexibility index (Phi) is 6.13. The highest BCUT2D eigenvalue weighted by Gasteiger charge is 2.37. The molecule has 2 atom stereocenters. The number of carbonyl (C=O) groups is 1. The molecule has 2 aromatic carbocycles. The topological polar surface area (TPSA) is 81.8 Å². The highest BCUT2D eigenvalue weighted by atomic mass is 19.4. The fourth-order valence-electron chi connectivity index (χ4n) is 4.23. The molecule has 2 unspecified atom stereocenters. The van der Waals surface area contributed by atoms with Crippen molar-refractivity contribution in [2.24, 2.45) is 5.92 Å². The van der Waals surface area contributed by atoms with Crippen LogP contribution in [0.25, 0.3) is 10.9 Å². The van der Waals surface area contributed by atoms with Gasteiger partial charge in [0.15, 0.2) is 0 Å². The summed E-state index contributed by atoms with van der Waals surface area (Å²) in [7, 11) is 0. The first-order valence-electron chi connectivity index (χ1n) is 10.3. The lowest BCUT2D eigenvalue weighted by atomic mass is 9.85. The second-order valence-corrected chi connectivity index (χ2v) is 7.74. The van der Waals surface area contributed by atoms with Crippen LogP contribution in [0.4, 0.5) is 23.7 Å². The van der Waals surface area contributed by atoms with Crippen LogP contribution in [0.2, 0.25) is 0 Å². The van der Waals surface area contributed by atoms with Crippen LogP contribution < -0.4 is 16.0 Å². The number of nitrogens with one attached hydrogen (secondary N) is 4. The molecule has 6 nitrogen and oxygen atoms in total. The number of hydrogen-bond donors (Lipinski definition) is 4. The van der Waals surface area contributed by atoms with Gasteiger partial charge in [-0.1, -0.05) is 24.3 Å². The van der Waals surface area contributed by atoms with Crippen molar-refractivity contribution in [1.29, 1.82) is 0 Å². The van der Waals surface area contributed by atoms with Crippen molar-refractivity contribution in [3.8, 4) is 0 Å². The van der Waals surface area contributed by atoms with E-state index in [-0.39, 0.29) is 11.5 Å². The number of aromatic nitrogens is 2. The number of carbonyl (C=O) groups excluding carboxylic acids is 1. The molecule has 0 spiro atoms. The predicted octanol–water partition coefficient (Wildman–Crippen LogP) is 4.83. The maximum atomic E-state index is 13.7. The van der Waals surface area contributed by atoms with E-state index >= 15 is 0 Å². The van der Waals surface area contributed by atoms with Crippen molar-refractivity contribution in [1.82, 2.24) is 20.8 Å². The van der Waals surface area contributed by atoms with Crippen molar-refractivity contribution in [3.05, 3.63) is 59.8 Å². The Morgan fingerprint density at radius 2 is 1.94 bits per heavy atom. The van der Waals surface area contributed by atoms with E-state index in [1.807, 2.05) is 6.07 Å². The van der Waals surface area contributed by atoms with Gasteiger partial charge in [-0.25, -0.2) is 4.79 Å². The van der Waals surface area contributed by atoms with Gasteiger partial charge in [0.25, 0.3) is 0 Å². The number of alkyl halides is 3. The Morgan fingerprint density at radius 1 is 1.10 bits per heavy atom. The summed E-state index contributed by atoms with van der Waals surface area (Å²) in [5.74, 6) is -0.117. The van der Waals surface area contributed by atoms with Crippen molar-refractivity contribution in [2.45, 2.75) is 31.5 Å². The second-order valence-electron chi connectivity index (χ2n) is 7.74. The Hall–Kier alpha value is -3.07. The summed E-state index contributed by atoms with van der Waals surface area (Å²) >= 11 is 0. The molecule has 1 saturated heterocycles. The average Bonchev–Trinajstić information content (AvgIpc) is 3.07. The molecule has 4 N–H and O–H groups in total. The first-order valence-corrected chi connectivity index (χ1v) is 10.3. The van der Waals surface area contributed by atoms with Crippen LogP contribution in [-0.4, -0.2) is 29.3 Å². The molecule has 9 heteroatoms. The van der Waals surface area contributed by atoms with Crippen molar-refractivity contribution in [3.63, 3.8) is 0 Å². The third-order valence-electron chi connectivity index (χ3n) is 5.71. The van der Waals surface area contributed by atoms with Crippen LogP contribution in [0, 0.1) is 5.92 Å². The molecule has 0 bridgehead atoms. The van der Waals surface area contributed by atoms with Crippen LogP contribution in [0.3, 0.4) is 0 Å². The molecule has 164 valence electrons. The fraction of sp³-hybridized carbons (Fsp3) is 0.364. The lowest BCUT2D eigenvalue weighted by Crippen LogP contribution is -2.38. The number of benzene rings is 2. The van der Waals surface area contributed by atoms with Crippen LogP contribution in [0.1, 0.15) is 36.4 Å². The van der Waals surface area contributed by atoms with E-state index in [0.717, 1.165) is 36.4 Å². The molecule has 1 aromatic heterocycles. The summed E-state index contributed by atoms with van der Waals surface area (Å²) in [4.78, 5) is 12.9. The molecule has 1 fully saturated rings. The number of H-pyrrole nitrogens is 1. The number of aromatic amines is 1. The van der Waals surface area contributed by atoms with Gasteiger partial charge >= 0.3 is 12.2 Å². The van der Waals surface area contributed by atoms with Gasteiger partial charge in [0, 0.05) is 5.39 Å². The van der Waals surface area contributed by atoms with Gasteiger partial charge in [0.05, 0.1) is 29.0 Å². The van der Waals surface area contributed by atoms with E-state index < -0.39 is 23.8 Å². The number of urea groups is 1. The fourth-order valence-corrected chi connectivity index (χ4v) is 4.23. The summed E-state index contributed by atoms with van der Waals surface area (Å²) < 4.78 is 41.2. The molecule has 1 aliphatic rings. The van der Waals surface area contributed by atoms with E-state index in [1.54, 1.807) is 24.4 Å². The maximum Gasteiger partial charge on any atom is 0.416 e. The highest BCUT2D eigenvalue weighted by molar-refractivity contribution is 6.00. The SMILES string of the molecule is O=C(Nc1cccc2[nH]ncc12)NC(c1ccccc1C(F)(F)F)C1CCCNCC1. The summed E-state index contributed by atoms with van der Waals surface area (Å²) in [6.45, 7) is 1.52. The van der Waals surface area contributed by atoms with Gasteiger partial charge in [-0.3, -0.25) is 5.10 Å². The van der Waals surface area contributed by atoms with Crippen LogP contribution in [0.5, 0.6) is 0 Å². The van der Waals surface area contributed by atoms with Gasteiger partial charge in [-0.2, -0.15) is 18.3 Å². The third kappa shape index (κ3) is 4.82. The largest absolute Gasteiger partial charge is 0.416 e. The van der Waals surface area contributed by atoms with E-state index in [9.17, 15) is 18.0 Å². The van der Waals surface area contributed by atoms with Crippen molar-refractivity contribution in [2.75, 3.05) is 18.4 Å². The summed E-state index contributed by atoms with van der Waals surface area (Å²) in [6, 6.07) is 9.50. The van der Waals surface area contributed by atoms with Crippen LogP contribution in [0.15, 0.2) is 48.7 Å². The number of amides is 2. The molecule has 31 heavy (non-hydrogen) atoms. The molecule has 0 aliphatic carbocycles. The Morgan fingerprint density at radius 3 is 2.77 bits per heavy atom. The molecule has 2 amide bonds. The number of rotatable bonds is 4. The van der Waals surface area contributed by atoms with E-state index in [0.29, 0.717) is 18.7 Å². The van der Waals surface area contributed by atoms with Gasteiger partial charge in [-0.05, 0) is 62.0 Å². The first kappa shape index (κ1) is 21.2. The molecule has 0 radical (unpaired) electrons. The minimum atomic E-state index is -4.50. The lowest BCUT2D eigenvalue weighted by molar-refractivity contribution is -0.138. The van der Waals surface area contributed by atoms with E-state index in [2.05, 4.69) is 26.1 Å². The van der Waals surface area contributed by atoms with Crippen LogP contribution >= 0.6 is 0 Å². The number of fused-ring (bicyclic) bond motifs is 1. The summed E-state index contributed by atoms with van der Waals surface area (Å²) in [6.07, 6.45) is -0.667. The van der Waals surface area contributed by atoms with Crippen molar-refractivity contribution < 1.29 is 18.0 Å². The highest BCUT2D eigenvalue weighted by Crippen LogP contribution is 2.39. The Labute approximate surface area is 177 Å². The van der Waals surface area contributed by atoms with Gasteiger partial charge in [0.1, 0.15) is 0 Å². The maximum absolute atomic E-state index is 13.7. The minimum absolute atomic E-state index is 0.0959. The number of hydrogen-bond acceptors (Lipinski definition) is 3. The van der Waals surface area contributed by atoms with E-state index in [4.69, 9.17) is 0 Å². The van der Waals surface area contributed by atoms with E-state index in [1.165, 1.54) is 12.1 Å². The Bertz CT molecular complexity index is 1040. The van der Waals surface area contributed by atoms with Crippen molar-refractivity contribution >= 4 is 22.6 Å². The first-order chi connectivity index (χ1) is 14.9. The zero-order chi connectivity index (χ0) is 21.8. The Balaban J connectivity index is 1.63. The molecule has 1 aliphatic heterocycles. The summed E-state index contributed by atoms with van der Waals surface area (Å²) in [5.41, 5.74) is 0.675. The summed E-state index contributed by atoms with van der Waals surface area (Å²) in [5, 5.41) is 16.4. The molecule has 3 aromatic rings. The predicted molar refractivity (Wildman–Crippen MR) is 113 cm³/mol. The minimum Gasteiger partial charge on any atom is -0.331 e. The smallest absolute Gasteiger partial charge is 0.331 e. The van der Waals surface area contributed by atoms with Gasteiger partial charge in [0.2, 0.25) is 0 Å². The second kappa shape index (κ2) is 8.97. The molecular weight excluding hydrogens is 407 g/mol. The van der Waals surface area contributed by atoms with Gasteiger partial charge in [-0.15, -0.1) is 0 Å². The zero-order valence-electron chi connectivity index (χ0n) is 16.8. The normalized spacial score (nSPS) is 18.4. The number of nitrogens with zero attached hydrogens (tertiary/aromatic N) is 1. The molecule has 2 heterocycles. The standard InChI is InChI=1S/C22H24F3N5O/c23-22(24,25)17-7-2-1-6-15(17)20(14-5-4-11-26-12-10-14)29-21(31)28-18-8-3-9-19-16(18)13-27-30-19/h1-3,6-9,13-14,20,26H,4-5,10-12H2,(H,27,30)(H2,28,29,31).